The third-order valence-electron chi connectivity index (χ3n) is 3.61. The minimum atomic E-state index is -4.50. The van der Waals surface area contributed by atoms with Crippen LogP contribution in [0.25, 0.3) is 0 Å². The highest BCUT2D eigenvalue weighted by atomic mass is 32.2. The van der Waals surface area contributed by atoms with Crippen molar-refractivity contribution < 1.29 is 22.8 Å². The second kappa shape index (κ2) is 7.83. The van der Waals surface area contributed by atoms with Crippen LogP contribution in [0.4, 0.5) is 24.5 Å². The van der Waals surface area contributed by atoms with Crippen LogP contribution >= 0.6 is 11.8 Å². The Morgan fingerprint density at radius 3 is 2.59 bits per heavy atom. The lowest BCUT2D eigenvalue weighted by molar-refractivity contribution is -0.137. The average Bonchev–Trinajstić information content (AvgIpc) is 2.61. The predicted octanol–water partition coefficient (Wildman–Crippen LogP) is 3.95. The first-order valence-electron chi connectivity index (χ1n) is 7.89. The molecule has 1 heterocycles. The number of carbonyl (C=O) groups is 2. The summed E-state index contributed by atoms with van der Waals surface area (Å²) in [6, 6.07) is 13.2. The number of carbonyl (C=O) groups excluding carboxylic acids is 2. The van der Waals surface area contributed by atoms with E-state index < -0.39 is 22.9 Å². The molecule has 140 valence electrons. The number of amides is 2. The summed E-state index contributed by atoms with van der Waals surface area (Å²) in [5.41, 5.74) is -0.233. The molecule has 1 atom stereocenters. The molecule has 0 unspecified atom stereocenters. The fourth-order valence-corrected chi connectivity index (χ4v) is 3.36. The van der Waals surface area contributed by atoms with Gasteiger partial charge in [-0.05, 0) is 30.3 Å². The Kier molecular flexibility index (Phi) is 5.50. The molecule has 1 saturated heterocycles. The van der Waals surface area contributed by atoms with Crippen LogP contribution in [0.1, 0.15) is 12.0 Å². The van der Waals surface area contributed by atoms with Gasteiger partial charge in [-0.25, -0.2) is 4.99 Å². The number of hydrogen-bond acceptors (Lipinski definition) is 4. The molecule has 0 aromatic heterocycles. The maximum Gasteiger partial charge on any atom is 0.416 e. The Bertz CT molecular complexity index is 885. The monoisotopic (exact) mass is 393 g/mol. The third kappa shape index (κ3) is 5.10. The number of anilines is 1. The van der Waals surface area contributed by atoms with Crippen LogP contribution in [-0.2, 0) is 15.8 Å². The Morgan fingerprint density at radius 1 is 1.15 bits per heavy atom. The van der Waals surface area contributed by atoms with Gasteiger partial charge in [-0.3, -0.25) is 9.59 Å². The van der Waals surface area contributed by atoms with Crippen molar-refractivity contribution in [1.82, 2.24) is 5.32 Å². The first-order valence-corrected chi connectivity index (χ1v) is 8.77. The van der Waals surface area contributed by atoms with Gasteiger partial charge in [0, 0.05) is 12.1 Å². The van der Waals surface area contributed by atoms with E-state index in [-0.39, 0.29) is 23.2 Å². The standard InChI is InChI=1S/C18H14F3N3O2S/c19-18(20,21)11-5-4-8-13(9-11)22-16(26)14-10-15(25)24-17(27-14)23-12-6-2-1-3-7-12/h1-9,14H,10H2,(H,22,26)(H,23,24,25)/t14-/m1/s1. The lowest BCUT2D eigenvalue weighted by Crippen LogP contribution is -2.41. The molecule has 9 heteroatoms. The van der Waals surface area contributed by atoms with Crippen molar-refractivity contribution in [3.8, 4) is 0 Å². The lowest BCUT2D eigenvalue weighted by Gasteiger charge is -2.22. The first kappa shape index (κ1) is 19.0. The molecule has 1 aliphatic heterocycles. The van der Waals surface area contributed by atoms with E-state index in [1.165, 1.54) is 12.1 Å². The van der Waals surface area contributed by atoms with Crippen molar-refractivity contribution in [2.45, 2.75) is 17.8 Å². The van der Waals surface area contributed by atoms with Crippen LogP contribution in [0.5, 0.6) is 0 Å². The average molecular weight is 393 g/mol. The number of alkyl halides is 3. The van der Waals surface area contributed by atoms with Gasteiger partial charge < -0.3 is 10.6 Å². The highest BCUT2D eigenvalue weighted by molar-refractivity contribution is 8.15. The molecule has 27 heavy (non-hydrogen) atoms. The highest BCUT2D eigenvalue weighted by Crippen LogP contribution is 2.31. The number of thioether (sulfide) groups is 1. The largest absolute Gasteiger partial charge is 0.416 e. The number of hydrogen-bond donors (Lipinski definition) is 2. The summed E-state index contributed by atoms with van der Waals surface area (Å²) in [4.78, 5) is 28.6. The zero-order valence-electron chi connectivity index (χ0n) is 13.8. The molecular weight excluding hydrogens is 379 g/mol. The van der Waals surface area contributed by atoms with Crippen molar-refractivity contribution in [3.05, 3.63) is 60.2 Å². The predicted molar refractivity (Wildman–Crippen MR) is 97.7 cm³/mol. The van der Waals surface area contributed by atoms with Gasteiger partial charge in [0.05, 0.1) is 11.3 Å². The molecule has 0 saturated carbocycles. The quantitative estimate of drug-likeness (QED) is 0.830. The van der Waals surface area contributed by atoms with Crippen LogP contribution in [0.15, 0.2) is 59.6 Å². The molecule has 2 amide bonds. The molecule has 1 aliphatic rings. The number of nitrogens with one attached hydrogen (secondary N) is 2. The van der Waals surface area contributed by atoms with Crippen molar-refractivity contribution in [2.24, 2.45) is 4.99 Å². The van der Waals surface area contributed by atoms with E-state index >= 15 is 0 Å². The summed E-state index contributed by atoms with van der Waals surface area (Å²) in [6.07, 6.45) is -4.60. The number of amidine groups is 1. The van der Waals surface area contributed by atoms with Gasteiger partial charge in [-0.2, -0.15) is 13.2 Å². The first-order chi connectivity index (χ1) is 12.8. The van der Waals surface area contributed by atoms with Crippen molar-refractivity contribution >= 4 is 40.1 Å². The van der Waals surface area contributed by atoms with Gasteiger partial charge in [-0.1, -0.05) is 36.0 Å². The van der Waals surface area contributed by atoms with Gasteiger partial charge in [-0.15, -0.1) is 0 Å². The number of nitrogens with zero attached hydrogens (tertiary/aromatic N) is 1. The lowest BCUT2D eigenvalue weighted by atomic mass is 10.2. The maximum absolute atomic E-state index is 12.8. The summed E-state index contributed by atoms with van der Waals surface area (Å²) < 4.78 is 38.4. The van der Waals surface area contributed by atoms with E-state index in [4.69, 9.17) is 0 Å². The van der Waals surface area contributed by atoms with Crippen molar-refractivity contribution in [1.29, 1.82) is 0 Å². The summed E-state index contributed by atoms with van der Waals surface area (Å²) in [6.45, 7) is 0. The maximum atomic E-state index is 12.8. The van der Waals surface area contributed by atoms with E-state index in [2.05, 4.69) is 15.6 Å². The van der Waals surface area contributed by atoms with Gasteiger partial charge in [0.1, 0.15) is 5.25 Å². The molecule has 0 radical (unpaired) electrons. The van der Waals surface area contributed by atoms with Crippen LogP contribution in [0, 0.1) is 0 Å². The molecular formula is C18H14F3N3O2S. The molecule has 2 aromatic carbocycles. The van der Waals surface area contributed by atoms with Crippen molar-refractivity contribution in [2.75, 3.05) is 5.32 Å². The number of benzene rings is 2. The molecule has 5 nitrogen and oxygen atoms in total. The van der Waals surface area contributed by atoms with Crippen LogP contribution in [0.3, 0.4) is 0 Å². The second-order valence-electron chi connectivity index (χ2n) is 5.68. The Morgan fingerprint density at radius 2 is 1.89 bits per heavy atom. The minimum absolute atomic E-state index is 0.0166. The van der Waals surface area contributed by atoms with E-state index in [0.717, 1.165) is 23.9 Å². The normalized spacial score (nSPS) is 18.9. The van der Waals surface area contributed by atoms with E-state index in [9.17, 15) is 22.8 Å². The highest BCUT2D eigenvalue weighted by Gasteiger charge is 2.32. The number of halogens is 3. The van der Waals surface area contributed by atoms with E-state index in [0.29, 0.717) is 5.69 Å². The molecule has 0 bridgehead atoms. The summed E-state index contributed by atoms with van der Waals surface area (Å²) in [7, 11) is 0. The second-order valence-corrected chi connectivity index (χ2v) is 6.87. The molecule has 1 fully saturated rings. The third-order valence-corrected chi connectivity index (χ3v) is 4.69. The zero-order valence-corrected chi connectivity index (χ0v) is 14.6. The molecule has 0 aliphatic carbocycles. The van der Waals surface area contributed by atoms with Gasteiger partial charge in [0.25, 0.3) is 0 Å². The summed E-state index contributed by atoms with van der Waals surface area (Å²) >= 11 is 1.05. The Labute approximate surface area is 157 Å². The van der Waals surface area contributed by atoms with Gasteiger partial charge in [0.15, 0.2) is 5.17 Å². The van der Waals surface area contributed by atoms with E-state index in [1.54, 1.807) is 24.3 Å². The summed E-state index contributed by atoms with van der Waals surface area (Å²) in [5.74, 6) is -0.942. The Hall–Kier alpha value is -2.81. The minimum Gasteiger partial charge on any atom is -0.325 e. The smallest absolute Gasteiger partial charge is 0.325 e. The Balaban J connectivity index is 1.73. The topological polar surface area (TPSA) is 70.6 Å². The van der Waals surface area contributed by atoms with Crippen LogP contribution in [0.2, 0.25) is 0 Å². The fraction of sp³-hybridized carbons (Fsp3) is 0.167. The van der Waals surface area contributed by atoms with Gasteiger partial charge >= 0.3 is 6.18 Å². The van der Waals surface area contributed by atoms with E-state index in [1.807, 2.05) is 6.07 Å². The molecule has 2 aromatic rings. The number of aliphatic imine (C=N–C) groups is 1. The SMILES string of the molecule is O=C1C[C@H](C(=O)Nc2cccc(C(F)(F)F)c2)SC(=Nc2ccccc2)N1. The summed E-state index contributed by atoms with van der Waals surface area (Å²) in [5, 5.41) is 4.49. The zero-order chi connectivity index (χ0) is 19.4. The number of rotatable bonds is 3. The van der Waals surface area contributed by atoms with Crippen LogP contribution in [-0.4, -0.2) is 22.2 Å². The number of para-hydroxylation sites is 1. The molecule has 0 spiro atoms. The van der Waals surface area contributed by atoms with Crippen LogP contribution < -0.4 is 10.6 Å². The molecule has 2 N–H and O–H groups in total. The molecule has 3 rings (SSSR count). The van der Waals surface area contributed by atoms with Crippen molar-refractivity contribution in [3.63, 3.8) is 0 Å². The fourth-order valence-electron chi connectivity index (χ4n) is 2.36. The van der Waals surface area contributed by atoms with Gasteiger partial charge in [0.2, 0.25) is 11.8 Å².